The summed E-state index contributed by atoms with van der Waals surface area (Å²) in [6, 6.07) is 8.23. The van der Waals surface area contributed by atoms with E-state index in [1.807, 2.05) is 6.07 Å². The lowest BCUT2D eigenvalue weighted by Gasteiger charge is -2.09. The fourth-order valence-electron chi connectivity index (χ4n) is 2.18. The Morgan fingerprint density at radius 3 is 2.56 bits per heavy atom. The minimum Gasteiger partial charge on any atom is -0.382 e. The minimum absolute atomic E-state index is 0.519. The van der Waals surface area contributed by atoms with Gasteiger partial charge in [0.2, 0.25) is 0 Å². The highest BCUT2D eigenvalue weighted by Crippen LogP contribution is 2.33. The van der Waals surface area contributed by atoms with Gasteiger partial charge < -0.3 is 10.3 Å². The predicted molar refractivity (Wildman–Crippen MR) is 75.1 cm³/mol. The van der Waals surface area contributed by atoms with Crippen molar-refractivity contribution in [2.24, 2.45) is 0 Å². The maximum absolute atomic E-state index is 5.67. The summed E-state index contributed by atoms with van der Waals surface area (Å²) in [5.74, 6) is 0.519. The van der Waals surface area contributed by atoms with Gasteiger partial charge in [0.25, 0.3) is 0 Å². The third-order valence-corrected chi connectivity index (χ3v) is 3.94. The molecule has 0 amide bonds. The third-order valence-electron chi connectivity index (χ3n) is 3.00. The van der Waals surface area contributed by atoms with Gasteiger partial charge in [0.15, 0.2) is 0 Å². The second kappa shape index (κ2) is 4.03. The van der Waals surface area contributed by atoms with Crippen LogP contribution in [0.3, 0.4) is 0 Å². The maximum Gasteiger partial charge on any atom is 0.145 e. The van der Waals surface area contributed by atoms with Crippen LogP contribution in [0.4, 0.5) is 5.82 Å². The zero-order valence-corrected chi connectivity index (χ0v) is 11.1. The summed E-state index contributed by atoms with van der Waals surface area (Å²) in [4.78, 5) is 1.15. The molecule has 92 valence electrons. The van der Waals surface area contributed by atoms with Crippen molar-refractivity contribution in [3.05, 3.63) is 41.0 Å². The number of H-pyrrole nitrogens is 1. The number of hydrogen-bond acceptors (Lipinski definition) is 3. The van der Waals surface area contributed by atoms with Crippen molar-refractivity contribution >= 4 is 17.2 Å². The Hall–Kier alpha value is -2.01. The van der Waals surface area contributed by atoms with Gasteiger partial charge in [0.05, 0.1) is 16.3 Å². The first-order valence-corrected chi connectivity index (χ1v) is 6.59. The van der Waals surface area contributed by atoms with Crippen molar-refractivity contribution < 1.29 is 0 Å². The van der Waals surface area contributed by atoms with Crippen LogP contribution in [-0.4, -0.2) is 14.8 Å². The molecule has 0 saturated carbocycles. The minimum atomic E-state index is 0.519. The largest absolute Gasteiger partial charge is 0.382 e. The summed E-state index contributed by atoms with van der Waals surface area (Å²) in [7, 11) is 0. The van der Waals surface area contributed by atoms with E-state index in [4.69, 9.17) is 5.73 Å². The van der Waals surface area contributed by atoms with Crippen molar-refractivity contribution in [3.63, 3.8) is 0 Å². The molecule has 4 nitrogen and oxygen atoms in total. The molecule has 5 heteroatoms. The van der Waals surface area contributed by atoms with Gasteiger partial charge in [-0.2, -0.15) is 5.10 Å². The lowest BCUT2D eigenvalue weighted by atomic mass is 10.3. The molecule has 0 aliphatic rings. The zero-order chi connectivity index (χ0) is 12.7. The van der Waals surface area contributed by atoms with Crippen LogP contribution >= 0.6 is 11.3 Å². The maximum atomic E-state index is 5.67. The molecule has 0 aromatic carbocycles. The van der Waals surface area contributed by atoms with Crippen molar-refractivity contribution in [3.8, 4) is 16.3 Å². The SMILES string of the molecule is Cc1ccc(C)n1-c1ccsc1-c1cc(N)n[nH]1. The van der Waals surface area contributed by atoms with E-state index in [1.54, 1.807) is 11.3 Å². The molecule has 3 aromatic heterocycles. The number of aryl methyl sites for hydroxylation is 2. The molecule has 18 heavy (non-hydrogen) atoms. The number of thiophene rings is 1. The van der Waals surface area contributed by atoms with Crippen LogP contribution in [0.5, 0.6) is 0 Å². The summed E-state index contributed by atoms with van der Waals surface area (Å²) >= 11 is 1.68. The normalized spacial score (nSPS) is 11.0. The average Bonchev–Trinajstić information content (AvgIpc) is 3.00. The Balaban J connectivity index is 2.18. The monoisotopic (exact) mass is 258 g/mol. The average molecular weight is 258 g/mol. The lowest BCUT2D eigenvalue weighted by molar-refractivity contribution is 0.971. The van der Waals surface area contributed by atoms with Gasteiger partial charge in [-0.25, -0.2) is 0 Å². The van der Waals surface area contributed by atoms with Crippen LogP contribution in [0.15, 0.2) is 29.6 Å². The molecule has 0 unspecified atom stereocenters. The highest BCUT2D eigenvalue weighted by molar-refractivity contribution is 7.14. The van der Waals surface area contributed by atoms with Crippen LogP contribution in [0.25, 0.3) is 16.3 Å². The predicted octanol–water partition coefficient (Wildman–Crippen LogP) is 3.13. The summed E-state index contributed by atoms with van der Waals surface area (Å²) in [5, 5.41) is 9.05. The number of aromatic amines is 1. The van der Waals surface area contributed by atoms with E-state index in [0.717, 1.165) is 10.6 Å². The van der Waals surface area contributed by atoms with Gasteiger partial charge in [-0.05, 0) is 37.4 Å². The van der Waals surface area contributed by atoms with Gasteiger partial charge in [-0.15, -0.1) is 11.3 Å². The number of hydrogen-bond donors (Lipinski definition) is 2. The highest BCUT2D eigenvalue weighted by atomic mass is 32.1. The fraction of sp³-hybridized carbons (Fsp3) is 0.154. The number of nitrogens with one attached hydrogen (secondary N) is 1. The van der Waals surface area contributed by atoms with Gasteiger partial charge >= 0.3 is 0 Å². The second-order valence-corrected chi connectivity index (χ2v) is 5.21. The first-order chi connectivity index (χ1) is 8.66. The molecule has 0 radical (unpaired) electrons. The summed E-state index contributed by atoms with van der Waals surface area (Å²) in [5.41, 5.74) is 10.2. The van der Waals surface area contributed by atoms with E-state index >= 15 is 0 Å². The molecule has 3 N–H and O–H groups in total. The number of nitrogens with two attached hydrogens (primary N) is 1. The van der Waals surface area contributed by atoms with Crippen molar-refractivity contribution in [1.29, 1.82) is 0 Å². The molecule has 0 bridgehead atoms. The summed E-state index contributed by atoms with van der Waals surface area (Å²) in [6.07, 6.45) is 0. The zero-order valence-electron chi connectivity index (χ0n) is 10.3. The second-order valence-electron chi connectivity index (χ2n) is 4.29. The summed E-state index contributed by atoms with van der Waals surface area (Å²) in [6.45, 7) is 4.21. The van der Waals surface area contributed by atoms with E-state index in [9.17, 15) is 0 Å². The molecule has 3 heterocycles. The molecule has 3 aromatic rings. The number of nitrogen functional groups attached to an aromatic ring is 1. The Kier molecular flexibility index (Phi) is 2.48. The van der Waals surface area contributed by atoms with E-state index in [0.29, 0.717) is 5.82 Å². The number of nitrogens with zero attached hydrogens (tertiary/aromatic N) is 2. The van der Waals surface area contributed by atoms with Crippen LogP contribution in [-0.2, 0) is 0 Å². The molecular weight excluding hydrogens is 244 g/mol. The Morgan fingerprint density at radius 2 is 1.94 bits per heavy atom. The van der Waals surface area contributed by atoms with E-state index in [2.05, 4.69) is 52.2 Å². The Bertz CT molecular complexity index is 670. The first-order valence-electron chi connectivity index (χ1n) is 5.71. The molecular formula is C13H14N4S. The number of anilines is 1. The van der Waals surface area contributed by atoms with Gasteiger partial charge in [0.1, 0.15) is 5.82 Å². The van der Waals surface area contributed by atoms with Crippen molar-refractivity contribution in [2.45, 2.75) is 13.8 Å². The quantitative estimate of drug-likeness (QED) is 0.742. The Labute approximate surface area is 109 Å². The lowest BCUT2D eigenvalue weighted by Crippen LogP contribution is -1.98. The van der Waals surface area contributed by atoms with Crippen molar-refractivity contribution in [2.75, 3.05) is 5.73 Å². The van der Waals surface area contributed by atoms with E-state index < -0.39 is 0 Å². The summed E-state index contributed by atoms with van der Waals surface area (Å²) < 4.78 is 2.24. The number of rotatable bonds is 2. The van der Waals surface area contributed by atoms with Crippen LogP contribution in [0.1, 0.15) is 11.4 Å². The van der Waals surface area contributed by atoms with Crippen LogP contribution in [0.2, 0.25) is 0 Å². The Morgan fingerprint density at radius 1 is 1.22 bits per heavy atom. The number of aromatic nitrogens is 3. The molecule has 0 atom stereocenters. The molecule has 0 spiro atoms. The molecule has 3 rings (SSSR count). The topological polar surface area (TPSA) is 59.6 Å². The van der Waals surface area contributed by atoms with Crippen LogP contribution in [0, 0.1) is 13.8 Å². The molecule has 0 aliphatic heterocycles. The molecule has 0 fully saturated rings. The van der Waals surface area contributed by atoms with Crippen LogP contribution < -0.4 is 5.73 Å². The van der Waals surface area contributed by atoms with Gasteiger partial charge in [0, 0.05) is 17.5 Å². The first kappa shape index (κ1) is 11.1. The van der Waals surface area contributed by atoms with Crippen molar-refractivity contribution in [1.82, 2.24) is 14.8 Å². The van der Waals surface area contributed by atoms with Gasteiger partial charge in [-0.3, -0.25) is 5.10 Å². The highest BCUT2D eigenvalue weighted by Gasteiger charge is 2.13. The fourth-order valence-corrected chi connectivity index (χ4v) is 3.03. The van der Waals surface area contributed by atoms with E-state index in [1.165, 1.54) is 17.1 Å². The van der Waals surface area contributed by atoms with E-state index in [-0.39, 0.29) is 0 Å². The third kappa shape index (κ3) is 1.64. The molecule has 0 saturated heterocycles. The molecule has 0 aliphatic carbocycles. The standard InChI is InChI=1S/C13H14N4S/c1-8-3-4-9(2)17(8)11-5-6-18-13(11)10-7-12(14)16-15-10/h3-7H,1-2H3,(H3,14,15,16). The smallest absolute Gasteiger partial charge is 0.145 e. The van der Waals surface area contributed by atoms with Gasteiger partial charge in [-0.1, -0.05) is 0 Å².